The predicted molar refractivity (Wildman–Crippen MR) is 123 cm³/mol. The molecule has 0 aliphatic carbocycles. The lowest BCUT2D eigenvalue weighted by molar-refractivity contribution is 0.0735. The van der Waals surface area contributed by atoms with Crippen molar-refractivity contribution in [2.75, 3.05) is 38.6 Å². The third kappa shape index (κ3) is 4.90. The molecule has 0 bridgehead atoms. The minimum absolute atomic E-state index is 0.00677. The van der Waals surface area contributed by atoms with E-state index < -0.39 is 0 Å². The van der Waals surface area contributed by atoms with E-state index in [0.717, 1.165) is 18.7 Å². The van der Waals surface area contributed by atoms with Crippen LogP contribution in [0.2, 0.25) is 0 Å². The Balaban J connectivity index is 1.53. The molecule has 3 aromatic rings. The lowest BCUT2D eigenvalue weighted by Crippen LogP contribution is -2.46. The van der Waals surface area contributed by atoms with Crippen LogP contribution in [0.4, 0.5) is 5.69 Å². The molecule has 0 spiro atoms. The fourth-order valence-corrected chi connectivity index (χ4v) is 3.67. The number of hydrogen-bond acceptors (Lipinski definition) is 5. The van der Waals surface area contributed by atoms with E-state index in [4.69, 9.17) is 4.74 Å². The van der Waals surface area contributed by atoms with E-state index in [9.17, 15) is 14.7 Å². The highest BCUT2D eigenvalue weighted by atomic mass is 16.5. The summed E-state index contributed by atoms with van der Waals surface area (Å²) in [6.45, 7) is 2.99. The van der Waals surface area contributed by atoms with Crippen LogP contribution >= 0.6 is 0 Å². The number of carbonyl (C=O) groups is 2. The number of phenolic OH excluding ortho intramolecular Hbond substituents is 1. The normalized spacial score (nSPS) is 13.5. The molecule has 1 saturated heterocycles. The Bertz CT molecular complexity index is 1120. The number of hydrogen-bond donors (Lipinski definition) is 3. The van der Waals surface area contributed by atoms with Crippen LogP contribution in [0.1, 0.15) is 20.7 Å². The SMILES string of the molecule is COc1cccc(NC(=O)c2cc(O)cc(-c3ccc(C(=O)N4CCNCC4)cc3)c2)c1. The van der Waals surface area contributed by atoms with E-state index in [-0.39, 0.29) is 17.6 Å². The maximum absolute atomic E-state index is 12.7. The maximum atomic E-state index is 12.7. The Morgan fingerprint density at radius 1 is 0.938 bits per heavy atom. The van der Waals surface area contributed by atoms with Crippen molar-refractivity contribution in [2.24, 2.45) is 0 Å². The molecule has 0 radical (unpaired) electrons. The van der Waals surface area contributed by atoms with Crippen LogP contribution in [0.5, 0.6) is 11.5 Å². The van der Waals surface area contributed by atoms with Gasteiger partial charge in [0.15, 0.2) is 0 Å². The van der Waals surface area contributed by atoms with E-state index in [1.54, 1.807) is 55.6 Å². The second-order valence-corrected chi connectivity index (χ2v) is 7.57. The van der Waals surface area contributed by atoms with Crippen molar-refractivity contribution >= 4 is 17.5 Å². The quantitative estimate of drug-likeness (QED) is 0.576. The zero-order valence-electron chi connectivity index (χ0n) is 17.8. The smallest absolute Gasteiger partial charge is 0.255 e. The Hall–Kier alpha value is -3.84. The van der Waals surface area contributed by atoms with Crippen LogP contribution in [0.25, 0.3) is 11.1 Å². The van der Waals surface area contributed by atoms with Gasteiger partial charge in [0.2, 0.25) is 0 Å². The van der Waals surface area contributed by atoms with E-state index in [1.165, 1.54) is 6.07 Å². The number of piperazine rings is 1. The van der Waals surface area contributed by atoms with Gasteiger partial charge in [0.1, 0.15) is 11.5 Å². The molecule has 0 aromatic heterocycles. The molecule has 1 heterocycles. The highest BCUT2D eigenvalue weighted by Gasteiger charge is 2.18. The van der Waals surface area contributed by atoms with Gasteiger partial charge in [-0.1, -0.05) is 18.2 Å². The molecule has 3 aromatic carbocycles. The number of methoxy groups -OCH3 is 1. The topological polar surface area (TPSA) is 90.9 Å². The number of nitrogens with one attached hydrogen (secondary N) is 2. The van der Waals surface area contributed by atoms with Crippen molar-refractivity contribution in [3.05, 3.63) is 77.9 Å². The first-order valence-corrected chi connectivity index (χ1v) is 10.4. The summed E-state index contributed by atoms with van der Waals surface area (Å²) in [4.78, 5) is 27.2. The molecule has 1 aliphatic heterocycles. The third-order valence-corrected chi connectivity index (χ3v) is 5.38. The minimum atomic E-state index is -0.346. The van der Waals surface area contributed by atoms with Gasteiger partial charge in [0.05, 0.1) is 7.11 Å². The largest absolute Gasteiger partial charge is 0.508 e. The Morgan fingerprint density at radius 3 is 2.41 bits per heavy atom. The van der Waals surface area contributed by atoms with Gasteiger partial charge in [0.25, 0.3) is 11.8 Å². The number of rotatable bonds is 5. The van der Waals surface area contributed by atoms with Crippen LogP contribution in [-0.4, -0.2) is 55.1 Å². The van der Waals surface area contributed by atoms with E-state index >= 15 is 0 Å². The number of anilines is 1. The standard InChI is InChI=1S/C25H25N3O4/c1-32-23-4-2-3-21(16-23)27-24(30)20-13-19(14-22(29)15-20)17-5-7-18(8-6-17)25(31)28-11-9-26-10-12-28/h2-8,13-16,26,29H,9-12H2,1H3,(H,27,30). The summed E-state index contributed by atoms with van der Waals surface area (Å²) in [6, 6.07) is 19.0. The summed E-state index contributed by atoms with van der Waals surface area (Å²) in [6.07, 6.45) is 0. The monoisotopic (exact) mass is 431 g/mol. The summed E-state index contributed by atoms with van der Waals surface area (Å²) < 4.78 is 5.18. The summed E-state index contributed by atoms with van der Waals surface area (Å²) in [5.74, 6) is 0.280. The molecule has 32 heavy (non-hydrogen) atoms. The fraction of sp³-hybridized carbons (Fsp3) is 0.200. The Labute approximate surface area is 186 Å². The Kier molecular flexibility index (Phi) is 6.37. The number of amides is 2. The molecule has 0 saturated carbocycles. The first-order valence-electron chi connectivity index (χ1n) is 10.4. The van der Waals surface area contributed by atoms with E-state index in [2.05, 4.69) is 10.6 Å². The minimum Gasteiger partial charge on any atom is -0.508 e. The lowest BCUT2D eigenvalue weighted by atomic mass is 10.0. The van der Waals surface area contributed by atoms with Gasteiger partial charge >= 0.3 is 0 Å². The first-order chi connectivity index (χ1) is 15.5. The summed E-state index contributed by atoms with van der Waals surface area (Å²) in [7, 11) is 1.56. The second kappa shape index (κ2) is 9.53. The molecule has 7 heteroatoms. The van der Waals surface area contributed by atoms with Crippen molar-refractivity contribution in [1.29, 1.82) is 0 Å². The number of carbonyl (C=O) groups excluding carboxylic acids is 2. The molecule has 164 valence electrons. The predicted octanol–water partition coefficient (Wildman–Crippen LogP) is 3.37. The average Bonchev–Trinajstić information content (AvgIpc) is 2.84. The number of aromatic hydroxyl groups is 1. The number of ether oxygens (including phenoxy) is 1. The van der Waals surface area contributed by atoms with Crippen LogP contribution in [0.15, 0.2) is 66.7 Å². The van der Waals surface area contributed by atoms with Crippen molar-refractivity contribution in [1.82, 2.24) is 10.2 Å². The van der Waals surface area contributed by atoms with Crippen molar-refractivity contribution in [3.63, 3.8) is 0 Å². The summed E-state index contributed by atoms with van der Waals surface area (Å²) >= 11 is 0. The molecule has 2 amide bonds. The van der Waals surface area contributed by atoms with Crippen molar-refractivity contribution in [2.45, 2.75) is 0 Å². The van der Waals surface area contributed by atoms with Crippen LogP contribution < -0.4 is 15.4 Å². The molecular weight excluding hydrogens is 406 g/mol. The van der Waals surface area contributed by atoms with E-state index in [0.29, 0.717) is 41.2 Å². The van der Waals surface area contributed by atoms with Gasteiger partial charge in [-0.15, -0.1) is 0 Å². The van der Waals surface area contributed by atoms with Gasteiger partial charge in [-0.25, -0.2) is 0 Å². The highest BCUT2D eigenvalue weighted by Crippen LogP contribution is 2.27. The molecule has 1 aliphatic rings. The zero-order valence-corrected chi connectivity index (χ0v) is 17.8. The third-order valence-electron chi connectivity index (χ3n) is 5.38. The first kappa shape index (κ1) is 21.4. The van der Waals surface area contributed by atoms with E-state index in [1.807, 2.05) is 17.0 Å². The van der Waals surface area contributed by atoms with Crippen molar-refractivity contribution < 1.29 is 19.4 Å². The van der Waals surface area contributed by atoms with Crippen LogP contribution in [0, 0.1) is 0 Å². The van der Waals surface area contributed by atoms with Gasteiger partial charge in [-0.3, -0.25) is 9.59 Å². The van der Waals surface area contributed by atoms with Crippen molar-refractivity contribution in [3.8, 4) is 22.6 Å². The number of nitrogens with zero attached hydrogens (tertiary/aromatic N) is 1. The molecule has 3 N–H and O–H groups in total. The molecule has 0 unspecified atom stereocenters. The highest BCUT2D eigenvalue weighted by molar-refractivity contribution is 6.05. The van der Waals surface area contributed by atoms with Gasteiger partial charge in [0, 0.05) is 49.1 Å². The maximum Gasteiger partial charge on any atom is 0.255 e. The fourth-order valence-electron chi connectivity index (χ4n) is 3.67. The lowest BCUT2D eigenvalue weighted by Gasteiger charge is -2.27. The van der Waals surface area contributed by atoms with Gasteiger partial charge in [-0.2, -0.15) is 0 Å². The second-order valence-electron chi connectivity index (χ2n) is 7.57. The Morgan fingerprint density at radius 2 is 1.69 bits per heavy atom. The zero-order chi connectivity index (χ0) is 22.5. The number of benzene rings is 3. The summed E-state index contributed by atoms with van der Waals surface area (Å²) in [5.41, 5.74) is 3.01. The van der Waals surface area contributed by atoms with Gasteiger partial charge in [-0.05, 0) is 53.6 Å². The average molecular weight is 431 g/mol. The molecule has 4 rings (SSSR count). The van der Waals surface area contributed by atoms with Crippen LogP contribution in [0.3, 0.4) is 0 Å². The molecule has 0 atom stereocenters. The number of phenols is 1. The molecular formula is C25H25N3O4. The van der Waals surface area contributed by atoms with Gasteiger partial charge < -0.3 is 25.4 Å². The summed E-state index contributed by atoms with van der Waals surface area (Å²) in [5, 5.41) is 16.2. The van der Waals surface area contributed by atoms with Crippen LogP contribution in [-0.2, 0) is 0 Å². The molecule has 7 nitrogen and oxygen atoms in total. The molecule has 1 fully saturated rings.